The topological polar surface area (TPSA) is 87.6 Å². The van der Waals surface area contributed by atoms with E-state index in [4.69, 9.17) is 0 Å². The minimum Gasteiger partial charge on any atom is -0.348 e. The monoisotopic (exact) mass is 419 g/mol. The highest BCUT2D eigenvalue weighted by Gasteiger charge is 2.42. The van der Waals surface area contributed by atoms with Crippen molar-refractivity contribution in [1.82, 2.24) is 5.32 Å². The van der Waals surface area contributed by atoms with E-state index < -0.39 is 9.84 Å². The van der Waals surface area contributed by atoms with Gasteiger partial charge in [-0.05, 0) is 42.0 Å². The smallest absolute Gasteiger partial charge is 0.251 e. The molecule has 0 bridgehead atoms. The SMILES string of the molecule is O=C(NCc1ccc(F)cc1)c1ccc(NC2=N[C@H]3CS(=O)(=O)C[C@H]3S2)cc1. The van der Waals surface area contributed by atoms with Gasteiger partial charge in [-0.15, -0.1) is 0 Å². The molecule has 2 aromatic rings. The van der Waals surface area contributed by atoms with Gasteiger partial charge in [0.1, 0.15) is 5.82 Å². The first-order valence-electron chi connectivity index (χ1n) is 8.73. The second kappa shape index (κ2) is 7.56. The van der Waals surface area contributed by atoms with E-state index in [1.807, 2.05) is 0 Å². The van der Waals surface area contributed by atoms with E-state index in [1.54, 1.807) is 36.4 Å². The molecule has 2 aliphatic rings. The lowest BCUT2D eigenvalue weighted by Crippen LogP contribution is -2.22. The van der Waals surface area contributed by atoms with Gasteiger partial charge in [-0.2, -0.15) is 0 Å². The molecular formula is C19H18FN3O3S2. The molecule has 0 aliphatic carbocycles. The van der Waals surface area contributed by atoms with Gasteiger partial charge in [0.2, 0.25) is 0 Å². The third-order valence-electron chi connectivity index (χ3n) is 4.58. The first-order chi connectivity index (χ1) is 13.4. The lowest BCUT2D eigenvalue weighted by molar-refractivity contribution is 0.0951. The van der Waals surface area contributed by atoms with Crippen molar-refractivity contribution >= 4 is 38.4 Å². The number of benzene rings is 2. The fraction of sp³-hybridized carbons (Fsp3) is 0.263. The number of nitrogens with zero attached hydrogens (tertiary/aromatic N) is 1. The maximum absolute atomic E-state index is 12.9. The molecule has 2 heterocycles. The Morgan fingerprint density at radius 2 is 1.82 bits per heavy atom. The lowest BCUT2D eigenvalue weighted by Gasteiger charge is -2.09. The number of rotatable bonds is 4. The number of fused-ring (bicyclic) bond motifs is 1. The summed E-state index contributed by atoms with van der Waals surface area (Å²) >= 11 is 1.45. The second-order valence-electron chi connectivity index (χ2n) is 6.75. The minimum atomic E-state index is -2.96. The van der Waals surface area contributed by atoms with Crippen molar-refractivity contribution in [1.29, 1.82) is 0 Å². The van der Waals surface area contributed by atoms with Crippen molar-refractivity contribution in [2.75, 3.05) is 16.8 Å². The van der Waals surface area contributed by atoms with Gasteiger partial charge >= 0.3 is 0 Å². The van der Waals surface area contributed by atoms with E-state index in [0.717, 1.165) is 11.3 Å². The van der Waals surface area contributed by atoms with E-state index >= 15 is 0 Å². The second-order valence-corrected chi connectivity index (χ2v) is 10.1. The summed E-state index contributed by atoms with van der Waals surface area (Å²) in [5.41, 5.74) is 2.11. The third-order valence-corrected chi connectivity index (χ3v) is 7.72. The number of amides is 1. The number of aliphatic imine (C=N–C) groups is 1. The van der Waals surface area contributed by atoms with Gasteiger partial charge in [0.15, 0.2) is 15.0 Å². The van der Waals surface area contributed by atoms with Crippen molar-refractivity contribution in [3.8, 4) is 0 Å². The Morgan fingerprint density at radius 3 is 2.50 bits per heavy atom. The van der Waals surface area contributed by atoms with Gasteiger partial charge in [0, 0.05) is 23.0 Å². The van der Waals surface area contributed by atoms with Gasteiger partial charge in [-0.1, -0.05) is 23.9 Å². The number of sulfone groups is 1. The van der Waals surface area contributed by atoms with Gasteiger partial charge < -0.3 is 10.6 Å². The first kappa shape index (κ1) is 18.9. The molecule has 6 nitrogen and oxygen atoms in total. The minimum absolute atomic E-state index is 0.0102. The molecule has 2 aliphatic heterocycles. The van der Waals surface area contributed by atoms with Crippen molar-refractivity contribution in [3.05, 3.63) is 65.5 Å². The quantitative estimate of drug-likeness (QED) is 0.795. The highest BCUT2D eigenvalue weighted by molar-refractivity contribution is 8.15. The molecule has 2 aromatic carbocycles. The van der Waals surface area contributed by atoms with Gasteiger partial charge in [0.25, 0.3) is 5.91 Å². The zero-order valence-electron chi connectivity index (χ0n) is 14.8. The van der Waals surface area contributed by atoms with Crippen LogP contribution >= 0.6 is 11.8 Å². The molecule has 4 rings (SSSR count). The number of carbonyl (C=O) groups is 1. The molecule has 0 spiro atoms. The van der Waals surface area contributed by atoms with E-state index in [1.165, 1.54) is 23.9 Å². The van der Waals surface area contributed by atoms with Crippen LogP contribution in [0.3, 0.4) is 0 Å². The molecule has 146 valence electrons. The van der Waals surface area contributed by atoms with Gasteiger partial charge in [0.05, 0.1) is 17.5 Å². The van der Waals surface area contributed by atoms with Crippen LogP contribution < -0.4 is 10.6 Å². The molecule has 0 radical (unpaired) electrons. The van der Waals surface area contributed by atoms with Crippen LogP contribution in [-0.4, -0.2) is 42.3 Å². The average Bonchev–Trinajstić information content (AvgIpc) is 3.14. The predicted octanol–water partition coefficient (Wildman–Crippen LogP) is 2.44. The Bertz CT molecular complexity index is 1020. The summed E-state index contributed by atoms with van der Waals surface area (Å²) in [6.45, 7) is 0.318. The summed E-state index contributed by atoms with van der Waals surface area (Å²) in [6, 6.07) is 12.8. The van der Waals surface area contributed by atoms with E-state index in [2.05, 4.69) is 15.6 Å². The number of anilines is 1. The van der Waals surface area contributed by atoms with Crippen molar-refractivity contribution in [2.24, 2.45) is 4.99 Å². The highest BCUT2D eigenvalue weighted by Crippen LogP contribution is 2.34. The van der Waals surface area contributed by atoms with E-state index in [9.17, 15) is 17.6 Å². The Balaban J connectivity index is 1.32. The number of amidine groups is 1. The first-order valence-corrected chi connectivity index (χ1v) is 11.4. The molecule has 1 fully saturated rings. The average molecular weight is 420 g/mol. The van der Waals surface area contributed by atoms with Crippen LogP contribution in [0.2, 0.25) is 0 Å². The summed E-state index contributed by atoms with van der Waals surface area (Å²) in [5, 5.41) is 6.67. The van der Waals surface area contributed by atoms with Crippen molar-refractivity contribution in [2.45, 2.75) is 17.8 Å². The Hall–Kier alpha value is -2.39. The summed E-state index contributed by atoms with van der Waals surface area (Å²) < 4.78 is 36.1. The van der Waals surface area contributed by atoms with Gasteiger partial charge in [-0.25, -0.2) is 12.8 Å². The molecule has 0 saturated carbocycles. The molecule has 2 atom stereocenters. The molecule has 0 aromatic heterocycles. The largest absolute Gasteiger partial charge is 0.348 e. The van der Waals surface area contributed by atoms with E-state index in [0.29, 0.717) is 17.3 Å². The molecule has 9 heteroatoms. The van der Waals surface area contributed by atoms with E-state index in [-0.39, 0.29) is 34.5 Å². The van der Waals surface area contributed by atoms with Crippen LogP contribution in [0.15, 0.2) is 53.5 Å². The van der Waals surface area contributed by atoms with Crippen LogP contribution in [-0.2, 0) is 16.4 Å². The number of thioether (sulfide) groups is 1. The van der Waals surface area contributed by atoms with Crippen LogP contribution in [0.4, 0.5) is 10.1 Å². The van der Waals surface area contributed by atoms with Gasteiger partial charge in [-0.3, -0.25) is 9.79 Å². The molecule has 28 heavy (non-hydrogen) atoms. The predicted molar refractivity (Wildman–Crippen MR) is 109 cm³/mol. The number of hydrogen-bond acceptors (Lipinski definition) is 6. The zero-order valence-corrected chi connectivity index (χ0v) is 16.4. The maximum atomic E-state index is 12.9. The molecular weight excluding hydrogens is 401 g/mol. The summed E-state index contributed by atoms with van der Waals surface area (Å²) in [7, 11) is -2.96. The number of nitrogens with one attached hydrogen (secondary N) is 2. The Kier molecular flexibility index (Phi) is 5.11. The summed E-state index contributed by atoms with van der Waals surface area (Å²) in [5.74, 6) is -0.246. The van der Waals surface area contributed by atoms with Crippen LogP contribution in [0.1, 0.15) is 15.9 Å². The lowest BCUT2D eigenvalue weighted by atomic mass is 10.1. The van der Waals surface area contributed by atoms with Crippen LogP contribution in [0, 0.1) is 5.82 Å². The number of halogens is 1. The Labute approximate surface area is 166 Å². The fourth-order valence-electron chi connectivity index (χ4n) is 3.13. The van der Waals surface area contributed by atoms with Crippen LogP contribution in [0.5, 0.6) is 0 Å². The normalized spacial score (nSPS) is 22.4. The third kappa shape index (κ3) is 4.36. The molecule has 1 amide bonds. The van der Waals surface area contributed by atoms with Crippen molar-refractivity contribution < 1.29 is 17.6 Å². The zero-order chi connectivity index (χ0) is 19.7. The number of hydrogen-bond donors (Lipinski definition) is 2. The maximum Gasteiger partial charge on any atom is 0.251 e. The summed E-state index contributed by atoms with van der Waals surface area (Å²) in [4.78, 5) is 16.7. The fourth-order valence-corrected chi connectivity index (χ4v) is 6.81. The molecule has 0 unspecified atom stereocenters. The highest BCUT2D eigenvalue weighted by atomic mass is 32.2. The number of carbonyl (C=O) groups excluding carboxylic acids is 1. The Morgan fingerprint density at radius 1 is 1.11 bits per heavy atom. The summed E-state index contributed by atoms with van der Waals surface area (Å²) in [6.07, 6.45) is 0. The molecule has 2 N–H and O–H groups in total. The van der Waals surface area contributed by atoms with Crippen molar-refractivity contribution in [3.63, 3.8) is 0 Å². The van der Waals surface area contributed by atoms with Crippen LogP contribution in [0.25, 0.3) is 0 Å². The molecule has 1 saturated heterocycles. The standard InChI is InChI=1S/C19H18FN3O3S2/c20-14-5-1-12(2-6-14)9-21-18(24)13-3-7-15(8-4-13)22-19-23-16-10-28(25,26)11-17(16)27-19/h1-8,16-17H,9-11H2,(H,21,24)(H,22,23)/t16-,17+/m0/s1.